The lowest BCUT2D eigenvalue weighted by Crippen LogP contribution is -2.44. The standard InChI is InChI=1S/C17H22N2O3S/c1-5-22-16(20)13-8-18-17(21)19-14(13)9-23-15-11(3)6-10(2)7-12(15)4/h6-7H,5,8-9H2,1-4H3,(H2,18,19,21). The van der Waals surface area contributed by atoms with E-state index in [9.17, 15) is 9.59 Å². The highest BCUT2D eigenvalue weighted by Gasteiger charge is 2.23. The van der Waals surface area contributed by atoms with Crippen LogP contribution in [0.3, 0.4) is 0 Å². The Labute approximate surface area is 140 Å². The zero-order chi connectivity index (χ0) is 17.0. The second kappa shape index (κ2) is 7.55. The third-order valence-corrected chi connectivity index (χ3v) is 4.91. The van der Waals surface area contributed by atoms with Crippen molar-refractivity contribution < 1.29 is 14.3 Å². The van der Waals surface area contributed by atoms with Crippen LogP contribution in [0.4, 0.5) is 4.79 Å². The van der Waals surface area contributed by atoms with Gasteiger partial charge in [0.25, 0.3) is 0 Å². The maximum atomic E-state index is 12.0. The number of hydrogen-bond donors (Lipinski definition) is 2. The molecule has 124 valence electrons. The first kappa shape index (κ1) is 17.4. The molecule has 1 aromatic rings. The predicted octanol–water partition coefficient (Wildman–Crippen LogP) is 2.83. The van der Waals surface area contributed by atoms with Crippen LogP contribution in [-0.4, -0.2) is 30.9 Å². The Hall–Kier alpha value is -1.95. The highest BCUT2D eigenvalue weighted by atomic mass is 32.2. The van der Waals surface area contributed by atoms with E-state index >= 15 is 0 Å². The number of urea groups is 1. The van der Waals surface area contributed by atoms with Crippen LogP contribution in [0.5, 0.6) is 0 Å². The van der Waals surface area contributed by atoms with Crippen LogP contribution >= 0.6 is 11.8 Å². The van der Waals surface area contributed by atoms with Crippen LogP contribution < -0.4 is 10.6 Å². The Kier molecular flexibility index (Phi) is 5.71. The quantitative estimate of drug-likeness (QED) is 0.642. The van der Waals surface area contributed by atoms with Crippen LogP contribution in [0.15, 0.2) is 28.3 Å². The number of rotatable bonds is 5. The molecule has 0 saturated carbocycles. The van der Waals surface area contributed by atoms with Crippen molar-refractivity contribution in [1.29, 1.82) is 0 Å². The SMILES string of the molecule is CCOC(=O)C1=C(CSc2c(C)cc(C)cc2C)NC(=O)NC1. The number of ether oxygens (including phenoxy) is 1. The van der Waals surface area contributed by atoms with Crippen LogP contribution in [0.2, 0.25) is 0 Å². The first-order valence-corrected chi connectivity index (χ1v) is 8.55. The maximum absolute atomic E-state index is 12.0. The highest BCUT2D eigenvalue weighted by Crippen LogP contribution is 2.29. The van der Waals surface area contributed by atoms with Gasteiger partial charge in [0.1, 0.15) is 0 Å². The number of nitrogens with one attached hydrogen (secondary N) is 2. The summed E-state index contributed by atoms with van der Waals surface area (Å²) in [5.41, 5.74) is 4.74. The third-order valence-electron chi connectivity index (χ3n) is 3.54. The number of benzene rings is 1. The van der Waals surface area contributed by atoms with Gasteiger partial charge >= 0.3 is 12.0 Å². The molecule has 2 rings (SSSR count). The van der Waals surface area contributed by atoms with Gasteiger partial charge < -0.3 is 15.4 Å². The van der Waals surface area contributed by atoms with Crippen molar-refractivity contribution in [1.82, 2.24) is 10.6 Å². The monoisotopic (exact) mass is 334 g/mol. The Morgan fingerprint density at radius 2 is 1.91 bits per heavy atom. The van der Waals surface area contributed by atoms with Gasteiger partial charge in [0.05, 0.1) is 18.7 Å². The largest absolute Gasteiger partial charge is 0.463 e. The van der Waals surface area contributed by atoms with E-state index in [1.807, 2.05) is 0 Å². The summed E-state index contributed by atoms with van der Waals surface area (Å²) in [6.07, 6.45) is 0. The maximum Gasteiger partial charge on any atom is 0.337 e. The lowest BCUT2D eigenvalue weighted by Gasteiger charge is -2.21. The van der Waals surface area contributed by atoms with Crippen molar-refractivity contribution in [3.05, 3.63) is 40.1 Å². The second-order valence-corrected chi connectivity index (χ2v) is 6.49. The topological polar surface area (TPSA) is 67.4 Å². The van der Waals surface area contributed by atoms with Crippen LogP contribution in [-0.2, 0) is 9.53 Å². The minimum atomic E-state index is -0.382. The molecule has 0 saturated heterocycles. The van der Waals surface area contributed by atoms with Crippen LogP contribution in [0.1, 0.15) is 23.6 Å². The van der Waals surface area contributed by atoms with Gasteiger partial charge in [-0.15, -0.1) is 11.8 Å². The van der Waals surface area contributed by atoms with Gasteiger partial charge in [0.2, 0.25) is 0 Å². The minimum Gasteiger partial charge on any atom is -0.463 e. The van der Waals surface area contributed by atoms with Crippen LogP contribution in [0, 0.1) is 20.8 Å². The highest BCUT2D eigenvalue weighted by molar-refractivity contribution is 7.99. The molecule has 1 aromatic carbocycles. The normalized spacial score (nSPS) is 14.3. The molecule has 5 nitrogen and oxygen atoms in total. The smallest absolute Gasteiger partial charge is 0.337 e. The van der Waals surface area contributed by atoms with E-state index in [1.165, 1.54) is 21.6 Å². The first-order chi connectivity index (χ1) is 10.9. The average molecular weight is 334 g/mol. The molecule has 1 heterocycles. The fourth-order valence-electron chi connectivity index (χ4n) is 2.61. The summed E-state index contributed by atoms with van der Waals surface area (Å²) in [6.45, 7) is 8.50. The molecular formula is C17H22N2O3S. The van der Waals surface area contributed by atoms with Crippen molar-refractivity contribution >= 4 is 23.8 Å². The lowest BCUT2D eigenvalue weighted by atomic mass is 10.1. The molecule has 0 bridgehead atoms. The second-order valence-electron chi connectivity index (χ2n) is 5.50. The zero-order valence-electron chi connectivity index (χ0n) is 13.9. The van der Waals surface area contributed by atoms with Crippen molar-refractivity contribution in [2.75, 3.05) is 18.9 Å². The van der Waals surface area contributed by atoms with Gasteiger partial charge in [0.15, 0.2) is 0 Å². The summed E-state index contributed by atoms with van der Waals surface area (Å²) >= 11 is 1.62. The number of aryl methyl sites for hydroxylation is 3. The van der Waals surface area contributed by atoms with Crippen molar-refractivity contribution in [2.24, 2.45) is 0 Å². The molecular weight excluding hydrogens is 312 g/mol. The summed E-state index contributed by atoms with van der Waals surface area (Å²) in [4.78, 5) is 24.8. The first-order valence-electron chi connectivity index (χ1n) is 7.57. The molecule has 0 radical (unpaired) electrons. The van der Waals surface area contributed by atoms with Gasteiger partial charge in [-0.25, -0.2) is 9.59 Å². The number of amides is 2. The molecule has 6 heteroatoms. The Bertz CT molecular complexity index is 645. The predicted molar refractivity (Wildman–Crippen MR) is 91.6 cm³/mol. The number of thioether (sulfide) groups is 1. The van der Waals surface area contributed by atoms with Crippen molar-refractivity contribution in [2.45, 2.75) is 32.6 Å². The molecule has 0 spiro atoms. The van der Waals surface area contributed by atoms with Gasteiger partial charge in [-0.1, -0.05) is 17.7 Å². The fraction of sp³-hybridized carbons (Fsp3) is 0.412. The van der Waals surface area contributed by atoms with E-state index < -0.39 is 0 Å². The molecule has 0 unspecified atom stereocenters. The molecule has 2 N–H and O–H groups in total. The fourth-order valence-corrected chi connectivity index (χ4v) is 3.72. The number of carbonyl (C=O) groups excluding carboxylic acids is 2. The molecule has 1 aliphatic rings. The van der Waals surface area contributed by atoms with E-state index in [1.54, 1.807) is 18.7 Å². The van der Waals surface area contributed by atoms with Gasteiger partial charge in [0, 0.05) is 16.3 Å². The van der Waals surface area contributed by atoms with E-state index in [2.05, 4.69) is 43.5 Å². The number of hydrogen-bond acceptors (Lipinski definition) is 4. The molecule has 1 aliphatic heterocycles. The summed E-state index contributed by atoms with van der Waals surface area (Å²) < 4.78 is 5.06. The van der Waals surface area contributed by atoms with Gasteiger partial charge in [-0.3, -0.25) is 0 Å². The third kappa shape index (κ3) is 4.28. The zero-order valence-corrected chi connectivity index (χ0v) is 14.7. The van der Waals surface area contributed by atoms with E-state index in [4.69, 9.17) is 4.74 Å². The Balaban J connectivity index is 2.21. The molecule has 23 heavy (non-hydrogen) atoms. The average Bonchev–Trinajstić information content (AvgIpc) is 2.46. The van der Waals surface area contributed by atoms with Gasteiger partial charge in [-0.2, -0.15) is 0 Å². The van der Waals surface area contributed by atoms with Crippen molar-refractivity contribution in [3.8, 4) is 0 Å². The number of carbonyl (C=O) groups is 2. The van der Waals surface area contributed by atoms with E-state index in [-0.39, 0.29) is 18.5 Å². The summed E-state index contributed by atoms with van der Waals surface area (Å²) in [5, 5.41) is 5.35. The summed E-state index contributed by atoms with van der Waals surface area (Å²) in [7, 11) is 0. The van der Waals surface area contributed by atoms with Crippen molar-refractivity contribution in [3.63, 3.8) is 0 Å². The molecule has 2 amide bonds. The lowest BCUT2D eigenvalue weighted by molar-refractivity contribution is -0.138. The Morgan fingerprint density at radius 3 is 2.52 bits per heavy atom. The molecule has 0 atom stereocenters. The van der Waals surface area contributed by atoms with E-state index in [0.29, 0.717) is 23.6 Å². The molecule has 0 fully saturated rings. The molecule has 0 aliphatic carbocycles. The van der Waals surface area contributed by atoms with Crippen LogP contribution in [0.25, 0.3) is 0 Å². The molecule has 0 aromatic heterocycles. The summed E-state index contributed by atoms with van der Waals surface area (Å²) in [5.74, 6) is 0.139. The Morgan fingerprint density at radius 1 is 1.26 bits per heavy atom. The summed E-state index contributed by atoms with van der Waals surface area (Å²) in [6, 6.07) is 3.99. The van der Waals surface area contributed by atoms with Gasteiger partial charge in [-0.05, 0) is 38.8 Å². The minimum absolute atomic E-state index is 0.201. The van der Waals surface area contributed by atoms with E-state index in [0.717, 1.165) is 0 Å². The number of esters is 1.